The third-order valence-electron chi connectivity index (χ3n) is 4.56. The highest BCUT2D eigenvalue weighted by atomic mass is 16.4. The molecule has 0 saturated heterocycles. The van der Waals surface area contributed by atoms with Crippen LogP contribution in [0, 0.1) is 5.92 Å². The summed E-state index contributed by atoms with van der Waals surface area (Å²) in [7, 11) is 2.04. The first-order valence-corrected chi connectivity index (χ1v) is 7.86. The molecule has 21 heavy (non-hydrogen) atoms. The molecule has 0 atom stereocenters. The molecule has 0 aliphatic heterocycles. The van der Waals surface area contributed by atoms with Crippen LogP contribution in [-0.4, -0.2) is 29.1 Å². The Labute approximate surface area is 127 Å². The molecule has 1 aliphatic rings. The van der Waals surface area contributed by atoms with E-state index < -0.39 is 5.97 Å². The lowest BCUT2D eigenvalue weighted by molar-refractivity contribution is 0.0696. The van der Waals surface area contributed by atoms with E-state index in [0.29, 0.717) is 11.6 Å². The van der Waals surface area contributed by atoms with Crippen LogP contribution in [0.3, 0.4) is 0 Å². The van der Waals surface area contributed by atoms with E-state index in [4.69, 9.17) is 0 Å². The zero-order chi connectivity index (χ0) is 15.6. The quantitative estimate of drug-likeness (QED) is 0.913. The minimum Gasteiger partial charge on any atom is -0.478 e. The van der Waals surface area contributed by atoms with Gasteiger partial charge in [0.1, 0.15) is 5.82 Å². The summed E-state index contributed by atoms with van der Waals surface area (Å²) >= 11 is 0. The Kier molecular flexibility index (Phi) is 4.86. The van der Waals surface area contributed by atoms with Crippen LogP contribution < -0.4 is 4.90 Å². The minimum atomic E-state index is -0.883. The molecule has 1 aliphatic carbocycles. The Bertz CT molecular complexity index is 506. The fourth-order valence-corrected chi connectivity index (χ4v) is 2.95. The van der Waals surface area contributed by atoms with Crippen molar-refractivity contribution in [1.82, 2.24) is 4.98 Å². The predicted molar refractivity (Wildman–Crippen MR) is 85.1 cm³/mol. The van der Waals surface area contributed by atoms with Crippen molar-refractivity contribution in [1.29, 1.82) is 0 Å². The lowest BCUT2D eigenvalue weighted by atomic mass is 9.87. The number of aromatic nitrogens is 1. The first-order valence-electron chi connectivity index (χ1n) is 7.86. The third-order valence-corrected chi connectivity index (χ3v) is 4.56. The molecular formula is C17H26N2O2. The number of pyridine rings is 1. The molecule has 0 amide bonds. The van der Waals surface area contributed by atoms with Gasteiger partial charge in [0.05, 0.1) is 5.56 Å². The standard InChI is InChI=1S/C17H26N2O2/c1-11(2)15-9-13(17(20)21)10-16(18-15)19(4)14-7-5-12(3)6-8-14/h9-12,14H,5-8H2,1-4H3,(H,20,21). The summed E-state index contributed by atoms with van der Waals surface area (Å²) in [6.07, 6.45) is 4.80. The van der Waals surface area contributed by atoms with E-state index in [0.717, 1.165) is 30.3 Å². The van der Waals surface area contributed by atoms with Crippen molar-refractivity contribution in [3.05, 3.63) is 23.4 Å². The van der Waals surface area contributed by atoms with Gasteiger partial charge in [0.2, 0.25) is 0 Å². The predicted octanol–water partition coefficient (Wildman–Crippen LogP) is 3.92. The van der Waals surface area contributed by atoms with Crippen molar-refractivity contribution in [2.45, 2.75) is 58.4 Å². The number of nitrogens with zero attached hydrogens (tertiary/aromatic N) is 2. The molecule has 1 saturated carbocycles. The molecule has 116 valence electrons. The Morgan fingerprint density at radius 1 is 1.29 bits per heavy atom. The van der Waals surface area contributed by atoms with Gasteiger partial charge in [0.25, 0.3) is 0 Å². The maximum absolute atomic E-state index is 11.3. The Balaban J connectivity index is 2.27. The van der Waals surface area contributed by atoms with Crippen molar-refractivity contribution in [3.63, 3.8) is 0 Å². The van der Waals surface area contributed by atoms with Crippen LogP contribution in [-0.2, 0) is 0 Å². The largest absolute Gasteiger partial charge is 0.478 e. The topological polar surface area (TPSA) is 53.4 Å². The second kappa shape index (κ2) is 6.46. The first-order chi connectivity index (χ1) is 9.88. The smallest absolute Gasteiger partial charge is 0.335 e. The normalized spacial score (nSPS) is 22.3. The average molecular weight is 290 g/mol. The number of carbonyl (C=O) groups is 1. The fourth-order valence-electron chi connectivity index (χ4n) is 2.95. The summed E-state index contributed by atoms with van der Waals surface area (Å²) in [6.45, 7) is 6.39. The van der Waals surface area contributed by atoms with Crippen molar-refractivity contribution in [2.24, 2.45) is 5.92 Å². The molecule has 1 fully saturated rings. The van der Waals surface area contributed by atoms with E-state index in [-0.39, 0.29) is 5.92 Å². The Morgan fingerprint density at radius 3 is 2.43 bits per heavy atom. The van der Waals surface area contributed by atoms with Gasteiger partial charge in [-0.25, -0.2) is 9.78 Å². The van der Waals surface area contributed by atoms with Crippen LogP contribution in [0.1, 0.15) is 68.4 Å². The van der Waals surface area contributed by atoms with Gasteiger partial charge in [-0.15, -0.1) is 0 Å². The Hall–Kier alpha value is -1.58. The van der Waals surface area contributed by atoms with Gasteiger partial charge in [0.15, 0.2) is 0 Å². The first kappa shape index (κ1) is 15.8. The van der Waals surface area contributed by atoms with Crippen molar-refractivity contribution in [2.75, 3.05) is 11.9 Å². The average Bonchev–Trinajstić information content (AvgIpc) is 2.46. The van der Waals surface area contributed by atoms with E-state index in [2.05, 4.69) is 16.8 Å². The number of aromatic carboxylic acids is 1. The number of anilines is 1. The molecule has 2 rings (SSSR count). The number of hydrogen-bond acceptors (Lipinski definition) is 3. The molecule has 0 radical (unpaired) electrons. The summed E-state index contributed by atoms with van der Waals surface area (Å²) in [5.74, 6) is 0.936. The highest BCUT2D eigenvalue weighted by Gasteiger charge is 2.23. The molecule has 1 heterocycles. The van der Waals surface area contributed by atoms with E-state index in [1.807, 2.05) is 20.9 Å². The monoisotopic (exact) mass is 290 g/mol. The molecule has 0 spiro atoms. The minimum absolute atomic E-state index is 0.225. The molecule has 0 bridgehead atoms. The van der Waals surface area contributed by atoms with Crippen LogP contribution in [0.15, 0.2) is 12.1 Å². The van der Waals surface area contributed by atoms with Gasteiger partial charge in [0, 0.05) is 18.8 Å². The van der Waals surface area contributed by atoms with Crippen molar-refractivity contribution >= 4 is 11.8 Å². The van der Waals surface area contributed by atoms with Gasteiger partial charge in [-0.05, 0) is 49.7 Å². The van der Waals surface area contributed by atoms with Gasteiger partial charge in [-0.2, -0.15) is 0 Å². The maximum atomic E-state index is 11.3. The van der Waals surface area contributed by atoms with Crippen LogP contribution in [0.2, 0.25) is 0 Å². The van der Waals surface area contributed by atoms with E-state index in [1.165, 1.54) is 12.8 Å². The molecule has 4 heteroatoms. The van der Waals surface area contributed by atoms with E-state index in [9.17, 15) is 9.90 Å². The second-order valence-corrected chi connectivity index (χ2v) is 6.62. The van der Waals surface area contributed by atoms with Gasteiger partial charge < -0.3 is 10.0 Å². The third kappa shape index (κ3) is 3.74. The highest BCUT2D eigenvalue weighted by molar-refractivity contribution is 5.88. The zero-order valence-corrected chi connectivity index (χ0v) is 13.5. The highest BCUT2D eigenvalue weighted by Crippen LogP contribution is 2.29. The van der Waals surface area contributed by atoms with Gasteiger partial charge in [-0.1, -0.05) is 20.8 Å². The van der Waals surface area contributed by atoms with Crippen molar-refractivity contribution in [3.8, 4) is 0 Å². The number of carboxylic acid groups (broad SMARTS) is 1. The van der Waals surface area contributed by atoms with E-state index in [1.54, 1.807) is 12.1 Å². The van der Waals surface area contributed by atoms with Gasteiger partial charge >= 0.3 is 5.97 Å². The summed E-state index contributed by atoms with van der Waals surface area (Å²) in [4.78, 5) is 18.2. The Morgan fingerprint density at radius 2 is 1.90 bits per heavy atom. The number of rotatable bonds is 4. The number of carboxylic acids is 1. The number of hydrogen-bond donors (Lipinski definition) is 1. The fraction of sp³-hybridized carbons (Fsp3) is 0.647. The molecule has 4 nitrogen and oxygen atoms in total. The van der Waals surface area contributed by atoms with Gasteiger partial charge in [-0.3, -0.25) is 0 Å². The van der Waals surface area contributed by atoms with Crippen LogP contribution in [0.5, 0.6) is 0 Å². The lowest BCUT2D eigenvalue weighted by Crippen LogP contribution is -2.35. The molecule has 1 aromatic rings. The maximum Gasteiger partial charge on any atom is 0.335 e. The summed E-state index contributed by atoms with van der Waals surface area (Å²) in [5.41, 5.74) is 1.18. The van der Waals surface area contributed by atoms with Crippen LogP contribution in [0.4, 0.5) is 5.82 Å². The van der Waals surface area contributed by atoms with E-state index >= 15 is 0 Å². The molecule has 0 unspecified atom stereocenters. The van der Waals surface area contributed by atoms with Crippen molar-refractivity contribution < 1.29 is 9.90 Å². The summed E-state index contributed by atoms with van der Waals surface area (Å²) in [6, 6.07) is 3.86. The summed E-state index contributed by atoms with van der Waals surface area (Å²) in [5, 5.41) is 9.30. The SMILES string of the molecule is CC1CCC(N(C)c2cc(C(=O)O)cc(C(C)C)n2)CC1. The molecular weight excluding hydrogens is 264 g/mol. The summed E-state index contributed by atoms with van der Waals surface area (Å²) < 4.78 is 0. The zero-order valence-electron chi connectivity index (χ0n) is 13.5. The molecule has 0 aromatic carbocycles. The van der Waals surface area contributed by atoms with Crippen LogP contribution >= 0.6 is 0 Å². The molecule has 1 N–H and O–H groups in total. The lowest BCUT2D eigenvalue weighted by Gasteiger charge is -2.34. The molecule has 1 aromatic heterocycles. The second-order valence-electron chi connectivity index (χ2n) is 6.62. The van der Waals surface area contributed by atoms with Crippen LogP contribution in [0.25, 0.3) is 0 Å².